The molecule has 0 aromatic heterocycles. The molecule has 2 heteroatoms. The molecular weight excluding hydrogens is 408 g/mol. The first-order chi connectivity index (χ1) is 11.0. The maximum Gasteiger partial charge on any atom is 0.0213 e. The average molecular weight is 446 g/mol. The molecule has 3 aromatic carbocycles. The van der Waals surface area contributed by atoms with Crippen LogP contribution in [0.15, 0.2) is 60.7 Å². The molecule has 0 aliphatic rings. The molecule has 26 heavy (non-hydrogen) atoms. The second-order valence-corrected chi connectivity index (χ2v) is 6.78. The van der Waals surface area contributed by atoms with Crippen molar-refractivity contribution in [2.75, 3.05) is 0 Å². The van der Waals surface area contributed by atoms with Crippen molar-refractivity contribution in [3.63, 3.8) is 0 Å². The predicted molar refractivity (Wildman–Crippen MR) is 121 cm³/mol. The van der Waals surface area contributed by atoms with E-state index in [9.17, 15) is 0 Å². The molecule has 1 radical (unpaired) electrons. The fourth-order valence-electron chi connectivity index (χ4n) is 2.05. The summed E-state index contributed by atoms with van der Waals surface area (Å²) < 4.78 is 0. The van der Waals surface area contributed by atoms with E-state index in [-0.39, 0.29) is 41.1 Å². The van der Waals surface area contributed by atoms with Gasteiger partial charge in [-0.05, 0) is 0 Å². The van der Waals surface area contributed by atoms with Crippen molar-refractivity contribution in [1.82, 2.24) is 0 Å². The molecule has 0 nitrogen and oxygen atoms in total. The molecule has 0 atom stereocenters. The first kappa shape index (κ1) is 32.8. The van der Waals surface area contributed by atoms with Gasteiger partial charge in [-0.2, -0.15) is 64.2 Å². The Bertz CT molecular complexity index is 446. The van der Waals surface area contributed by atoms with Gasteiger partial charge in [0.25, 0.3) is 0 Å². The van der Waals surface area contributed by atoms with Gasteiger partial charge in [0.15, 0.2) is 0 Å². The van der Waals surface area contributed by atoms with Gasteiger partial charge in [0, 0.05) is 35.7 Å². The smallest absolute Gasteiger partial charge is 0.0213 e. The van der Waals surface area contributed by atoms with Crippen LogP contribution in [0.1, 0.15) is 27.8 Å². The van der Waals surface area contributed by atoms with Crippen molar-refractivity contribution in [1.29, 1.82) is 0 Å². The maximum atomic E-state index is 2.21. The summed E-state index contributed by atoms with van der Waals surface area (Å²) in [5.41, 5.74) is 7.34. The second-order valence-electron chi connectivity index (χ2n) is 5.63. The van der Waals surface area contributed by atoms with Gasteiger partial charge in [-0.1, -0.05) is 47.7 Å². The average Bonchev–Trinajstić information content (AvgIpc) is 3.31. The van der Waals surface area contributed by atoms with E-state index in [2.05, 4.69) is 47.7 Å². The van der Waals surface area contributed by atoms with Crippen molar-refractivity contribution < 1.29 is 26.2 Å². The third-order valence-corrected chi connectivity index (χ3v) is 3.92. The van der Waals surface area contributed by atoms with Crippen molar-refractivity contribution in [2.45, 2.75) is 47.7 Å². The van der Waals surface area contributed by atoms with Crippen LogP contribution in [0.3, 0.4) is 0 Å². The number of rotatable bonds is 0. The third kappa shape index (κ3) is 13.4. The minimum atomic E-state index is 0. The maximum absolute atomic E-state index is 2.21. The van der Waals surface area contributed by atoms with Gasteiger partial charge in [0.05, 0.1) is 0 Å². The molecule has 0 saturated heterocycles. The Hall–Kier alpha value is -0.850. The van der Waals surface area contributed by atoms with E-state index >= 15 is 0 Å². The minimum absolute atomic E-state index is 0. The zero-order chi connectivity index (χ0) is 17.7. The Morgan fingerprint density at radius 2 is 0.923 bits per heavy atom. The van der Waals surface area contributed by atoms with E-state index < -0.39 is 0 Å². The zero-order valence-electron chi connectivity index (χ0n) is 18.4. The molecule has 0 aliphatic carbocycles. The molecule has 0 bridgehead atoms. The molecule has 0 fully saturated rings. The minimum Gasteiger partial charge on any atom is -0.358 e. The summed E-state index contributed by atoms with van der Waals surface area (Å²) in [7, 11) is 0.750. The molecule has 0 unspecified atom stereocenters. The van der Waals surface area contributed by atoms with Crippen molar-refractivity contribution in [3.8, 4) is 0 Å². The summed E-state index contributed by atoms with van der Waals surface area (Å²) >= 11 is 0. The van der Waals surface area contributed by atoms with Crippen molar-refractivity contribution >= 4 is 9.52 Å². The summed E-state index contributed by atoms with van der Waals surface area (Å²) in [6.45, 7) is 15.4. The summed E-state index contributed by atoms with van der Waals surface area (Å²) in [5, 5.41) is 0. The SMILES string of the molecule is C[SiH]C.Cc1c(C)c(C)[c-](C)c1C.[CH3-].[CH3-].[Zr].c1cc[cH-]c1.c1cc[cH-]c1. The van der Waals surface area contributed by atoms with E-state index in [0.29, 0.717) is 0 Å². The van der Waals surface area contributed by atoms with Crippen LogP contribution in [0.4, 0.5) is 0 Å². The van der Waals surface area contributed by atoms with Crippen LogP contribution in [0.5, 0.6) is 0 Å². The number of hydrogen-bond donors (Lipinski definition) is 0. The Morgan fingerprint density at radius 3 is 1.00 bits per heavy atom. The van der Waals surface area contributed by atoms with E-state index in [4.69, 9.17) is 0 Å². The largest absolute Gasteiger partial charge is 0.358 e. The molecule has 147 valence electrons. The van der Waals surface area contributed by atoms with Crippen LogP contribution in [0, 0.1) is 49.5 Å². The molecule has 0 amide bonds. The molecule has 0 N–H and O–H groups in total. The normalized spacial score (nSPS) is 7.81. The standard InChI is InChI=1S/C10H15.2C5H5.C2H7Si.2CH3.Zr/c1-6-7(2)9(4)10(5)8(6)3;2*1-2-4-5-3-1;1-3-2;;;/h1-5H3;2*1-5H;3H,1-2H3;2*1H3;/q3*-1;;2*-1;. The van der Waals surface area contributed by atoms with Crippen LogP contribution in [-0.4, -0.2) is 9.52 Å². The second kappa shape index (κ2) is 20.5. The topological polar surface area (TPSA) is 0 Å². The van der Waals surface area contributed by atoms with Gasteiger partial charge >= 0.3 is 0 Å². The van der Waals surface area contributed by atoms with Crippen LogP contribution < -0.4 is 0 Å². The van der Waals surface area contributed by atoms with Gasteiger partial charge in [0.1, 0.15) is 0 Å². The van der Waals surface area contributed by atoms with Gasteiger partial charge in [-0.25, -0.2) is 24.3 Å². The monoisotopic (exact) mass is 444 g/mol. The first-order valence-corrected chi connectivity index (χ1v) is 10.5. The Kier molecular flexibility index (Phi) is 25.8. The van der Waals surface area contributed by atoms with Crippen LogP contribution in [0.2, 0.25) is 13.1 Å². The van der Waals surface area contributed by atoms with Gasteiger partial charge in [-0.3, -0.25) is 0 Å². The van der Waals surface area contributed by atoms with Gasteiger partial charge in [-0.15, -0.1) is 0 Å². The molecular formula is C24H38SiZr-5. The van der Waals surface area contributed by atoms with Gasteiger partial charge in [0.2, 0.25) is 0 Å². The van der Waals surface area contributed by atoms with E-state index in [1.54, 1.807) is 0 Å². The summed E-state index contributed by atoms with van der Waals surface area (Å²) in [6, 6.07) is 20.0. The Balaban J connectivity index is -0.000000131. The van der Waals surface area contributed by atoms with Crippen molar-refractivity contribution in [3.05, 3.63) is 103 Å². The molecule has 0 spiro atoms. The summed E-state index contributed by atoms with van der Waals surface area (Å²) in [6.07, 6.45) is 0. The molecule has 0 aliphatic heterocycles. The predicted octanol–water partition coefficient (Wildman–Crippen LogP) is 7.18. The Labute approximate surface area is 186 Å². The third-order valence-electron chi connectivity index (χ3n) is 3.92. The zero-order valence-corrected chi connectivity index (χ0v) is 22.0. The molecule has 3 aromatic rings. The fraction of sp³-hybridized carbons (Fsp3) is 0.292. The van der Waals surface area contributed by atoms with Crippen LogP contribution in [-0.2, 0) is 26.2 Å². The summed E-state index contributed by atoms with van der Waals surface area (Å²) in [5.74, 6) is 0. The van der Waals surface area contributed by atoms with Crippen LogP contribution >= 0.6 is 0 Å². The van der Waals surface area contributed by atoms with Crippen LogP contribution in [0.25, 0.3) is 0 Å². The van der Waals surface area contributed by atoms with E-state index in [1.807, 2.05) is 60.7 Å². The summed E-state index contributed by atoms with van der Waals surface area (Å²) in [4.78, 5) is 0. The first-order valence-electron chi connectivity index (χ1n) is 8.24. The fourth-order valence-corrected chi connectivity index (χ4v) is 2.05. The van der Waals surface area contributed by atoms with Gasteiger partial charge < -0.3 is 14.9 Å². The molecule has 3 rings (SSSR count). The van der Waals surface area contributed by atoms with E-state index in [0.717, 1.165) is 9.52 Å². The van der Waals surface area contributed by atoms with Crippen molar-refractivity contribution in [2.24, 2.45) is 0 Å². The van der Waals surface area contributed by atoms with E-state index in [1.165, 1.54) is 27.8 Å². The number of hydrogen-bond acceptors (Lipinski definition) is 0. The quantitative estimate of drug-likeness (QED) is 0.254. The molecule has 0 heterocycles. The molecule has 0 saturated carbocycles. The Morgan fingerprint density at radius 1 is 0.692 bits per heavy atom.